The van der Waals surface area contributed by atoms with Gasteiger partial charge in [-0.3, -0.25) is 20.2 Å². The van der Waals surface area contributed by atoms with E-state index in [1.165, 1.54) is 23.5 Å². The molecule has 0 saturated heterocycles. The second kappa shape index (κ2) is 11.6. The van der Waals surface area contributed by atoms with Crippen molar-refractivity contribution >= 4 is 38.7 Å². The maximum Gasteiger partial charge on any atom is 0.324 e. The number of benzene rings is 2. The van der Waals surface area contributed by atoms with Crippen LogP contribution in [0.25, 0.3) is 11.3 Å². The first-order valence-electron chi connectivity index (χ1n) is 11.1. The molecule has 0 unspecified atom stereocenters. The number of nitrogens with zero attached hydrogens (tertiary/aromatic N) is 2. The number of ether oxygens (including phenoxy) is 2. The number of hydrogen-bond donors (Lipinski definition) is 1. The summed E-state index contributed by atoms with van der Waals surface area (Å²) >= 11 is 1.99. The molecule has 1 amide bonds. The Morgan fingerprint density at radius 3 is 2.46 bits per heavy atom. The Bertz CT molecular complexity index is 1290. The molecule has 0 aliphatic heterocycles. The summed E-state index contributed by atoms with van der Waals surface area (Å²) in [4.78, 5) is 27.9. The molecule has 4 rings (SSSR count). The smallest absolute Gasteiger partial charge is 0.324 e. The van der Waals surface area contributed by atoms with Crippen LogP contribution in [0.3, 0.4) is 0 Å². The number of carbonyl (C=O) groups is 1. The first kappa shape index (κ1) is 24.4. The molecule has 180 valence electrons. The molecule has 0 saturated carbocycles. The number of thiazole rings is 1. The second-order valence-electron chi connectivity index (χ2n) is 7.50. The van der Waals surface area contributed by atoms with E-state index in [0.29, 0.717) is 28.2 Å². The molecule has 0 aliphatic carbocycles. The molecule has 10 heteroatoms. The fourth-order valence-corrected chi connectivity index (χ4v) is 4.73. The van der Waals surface area contributed by atoms with Crippen LogP contribution in [0, 0.1) is 10.1 Å². The molecule has 2 aromatic heterocycles. The highest BCUT2D eigenvalue weighted by atomic mass is 32.1. The van der Waals surface area contributed by atoms with E-state index in [0.717, 1.165) is 41.9 Å². The summed E-state index contributed by atoms with van der Waals surface area (Å²) in [6.07, 6.45) is 3.28. The minimum atomic E-state index is -0.522. The van der Waals surface area contributed by atoms with Crippen LogP contribution in [0.4, 0.5) is 10.1 Å². The number of nitrogens with one attached hydrogen (secondary N) is 1. The van der Waals surface area contributed by atoms with Gasteiger partial charge in [-0.25, -0.2) is 4.98 Å². The number of carbonyl (C=O) groups excluding carboxylic acids is 1. The Labute approximate surface area is 210 Å². The van der Waals surface area contributed by atoms with E-state index >= 15 is 0 Å². The van der Waals surface area contributed by atoms with E-state index in [2.05, 4.69) is 17.2 Å². The third kappa shape index (κ3) is 6.43. The van der Waals surface area contributed by atoms with Gasteiger partial charge in [-0.2, -0.15) is 0 Å². The zero-order chi connectivity index (χ0) is 24.6. The quantitative estimate of drug-likeness (QED) is 0.128. The minimum absolute atomic E-state index is 0.0971. The molecule has 4 aromatic rings. The average Bonchev–Trinajstić information content (AvgIpc) is 3.51. The Morgan fingerprint density at radius 2 is 1.77 bits per heavy atom. The van der Waals surface area contributed by atoms with Crippen molar-refractivity contribution in [2.75, 3.05) is 11.9 Å². The number of anilines is 1. The van der Waals surface area contributed by atoms with Gasteiger partial charge in [0, 0.05) is 11.6 Å². The molecule has 0 fully saturated rings. The summed E-state index contributed by atoms with van der Waals surface area (Å²) in [5.41, 5.74) is 1.38. The van der Waals surface area contributed by atoms with E-state index < -0.39 is 10.8 Å². The van der Waals surface area contributed by atoms with Crippen LogP contribution in [0.1, 0.15) is 35.9 Å². The van der Waals surface area contributed by atoms with Gasteiger partial charge < -0.3 is 9.47 Å². The van der Waals surface area contributed by atoms with Gasteiger partial charge in [0.05, 0.1) is 16.4 Å². The van der Waals surface area contributed by atoms with Crippen molar-refractivity contribution in [3.05, 3.63) is 81.7 Å². The second-order valence-corrected chi connectivity index (χ2v) is 9.52. The van der Waals surface area contributed by atoms with Gasteiger partial charge >= 0.3 is 5.00 Å². The number of thiophene rings is 1. The molecule has 0 spiro atoms. The molecular weight excluding hydrogens is 486 g/mol. The van der Waals surface area contributed by atoms with Crippen molar-refractivity contribution in [3.63, 3.8) is 0 Å². The molecule has 35 heavy (non-hydrogen) atoms. The van der Waals surface area contributed by atoms with Crippen molar-refractivity contribution in [1.82, 2.24) is 4.98 Å². The van der Waals surface area contributed by atoms with Crippen molar-refractivity contribution in [2.24, 2.45) is 0 Å². The Balaban J connectivity index is 1.56. The number of unbranched alkanes of at least 4 members (excludes halogenated alkanes) is 2. The monoisotopic (exact) mass is 509 g/mol. The summed E-state index contributed by atoms with van der Waals surface area (Å²) in [6.45, 7) is 2.82. The lowest BCUT2D eigenvalue weighted by atomic mass is 10.1. The van der Waals surface area contributed by atoms with Gasteiger partial charge in [0.1, 0.15) is 17.2 Å². The SMILES string of the molecule is CCCCCOc1ccc(-c2nc(NC(=O)c3ccc([N+](=O)[O-])s3)sc2Oc2ccccc2)cc1. The zero-order valence-corrected chi connectivity index (χ0v) is 20.6. The maximum absolute atomic E-state index is 12.6. The van der Waals surface area contributed by atoms with E-state index in [1.807, 2.05) is 54.6 Å². The number of hydrogen-bond acceptors (Lipinski definition) is 8. The fraction of sp³-hybridized carbons (Fsp3) is 0.200. The molecule has 8 nitrogen and oxygen atoms in total. The van der Waals surface area contributed by atoms with E-state index in [1.54, 1.807) is 0 Å². The lowest BCUT2D eigenvalue weighted by Gasteiger charge is -2.08. The highest BCUT2D eigenvalue weighted by molar-refractivity contribution is 7.19. The zero-order valence-electron chi connectivity index (χ0n) is 18.9. The Morgan fingerprint density at radius 1 is 1.00 bits per heavy atom. The maximum atomic E-state index is 12.6. The van der Waals surface area contributed by atoms with Crippen LogP contribution in [-0.4, -0.2) is 22.4 Å². The van der Waals surface area contributed by atoms with Gasteiger partial charge in [0.25, 0.3) is 5.91 Å². The lowest BCUT2D eigenvalue weighted by Crippen LogP contribution is -2.09. The minimum Gasteiger partial charge on any atom is -0.494 e. The lowest BCUT2D eigenvalue weighted by molar-refractivity contribution is -0.380. The van der Waals surface area contributed by atoms with Crippen LogP contribution in [-0.2, 0) is 0 Å². The number of para-hydroxylation sites is 1. The molecule has 0 bridgehead atoms. The van der Waals surface area contributed by atoms with Gasteiger partial charge in [0.15, 0.2) is 5.13 Å². The number of amides is 1. The van der Waals surface area contributed by atoms with Crippen molar-refractivity contribution in [3.8, 4) is 27.8 Å². The Kier molecular flexibility index (Phi) is 8.07. The Hall–Kier alpha value is -3.76. The normalized spacial score (nSPS) is 10.7. The largest absolute Gasteiger partial charge is 0.494 e. The van der Waals surface area contributed by atoms with Gasteiger partial charge in [-0.15, -0.1) is 0 Å². The van der Waals surface area contributed by atoms with Gasteiger partial charge in [-0.05, 0) is 48.9 Å². The average molecular weight is 510 g/mol. The molecule has 0 atom stereocenters. The first-order chi connectivity index (χ1) is 17.0. The van der Waals surface area contributed by atoms with Crippen LogP contribution >= 0.6 is 22.7 Å². The summed E-state index contributed by atoms with van der Waals surface area (Å²) in [7, 11) is 0. The van der Waals surface area contributed by atoms with Crippen molar-refractivity contribution < 1.29 is 19.2 Å². The van der Waals surface area contributed by atoms with E-state index in [4.69, 9.17) is 9.47 Å². The molecular formula is C25H23N3O5S2. The summed E-state index contributed by atoms with van der Waals surface area (Å²) in [5.74, 6) is 0.948. The predicted molar refractivity (Wildman–Crippen MR) is 138 cm³/mol. The third-order valence-corrected chi connectivity index (χ3v) is 6.79. The molecule has 0 aliphatic rings. The molecule has 2 heterocycles. The number of aromatic nitrogens is 1. The van der Waals surface area contributed by atoms with Crippen LogP contribution in [0.15, 0.2) is 66.7 Å². The van der Waals surface area contributed by atoms with Gasteiger partial charge in [0.2, 0.25) is 5.06 Å². The van der Waals surface area contributed by atoms with Crippen LogP contribution in [0.2, 0.25) is 0 Å². The summed E-state index contributed by atoms with van der Waals surface area (Å²) in [5, 5.41) is 14.4. The number of nitro groups is 1. The fourth-order valence-electron chi connectivity index (χ4n) is 3.16. The van der Waals surface area contributed by atoms with Crippen molar-refractivity contribution in [1.29, 1.82) is 0 Å². The van der Waals surface area contributed by atoms with E-state index in [-0.39, 0.29) is 9.88 Å². The summed E-state index contributed by atoms with van der Waals surface area (Å²) < 4.78 is 11.9. The van der Waals surface area contributed by atoms with Crippen molar-refractivity contribution in [2.45, 2.75) is 26.2 Å². The topological polar surface area (TPSA) is 104 Å². The first-order valence-corrected chi connectivity index (χ1v) is 12.7. The molecule has 1 N–H and O–H groups in total. The highest BCUT2D eigenvalue weighted by Crippen LogP contribution is 2.41. The highest BCUT2D eigenvalue weighted by Gasteiger charge is 2.20. The third-order valence-electron chi connectivity index (χ3n) is 4.91. The molecule has 0 radical (unpaired) electrons. The predicted octanol–water partition coefficient (Wildman–Crippen LogP) is 7.39. The van der Waals surface area contributed by atoms with Crippen LogP contribution < -0.4 is 14.8 Å². The number of rotatable bonds is 11. The van der Waals surface area contributed by atoms with Crippen LogP contribution in [0.5, 0.6) is 16.6 Å². The van der Waals surface area contributed by atoms with E-state index in [9.17, 15) is 14.9 Å². The van der Waals surface area contributed by atoms with Gasteiger partial charge in [-0.1, -0.05) is 60.6 Å². The summed E-state index contributed by atoms with van der Waals surface area (Å²) in [6, 6.07) is 19.6. The molecule has 2 aromatic carbocycles. The standard InChI is InChI=1S/C25H23N3O5S2/c1-2-3-7-16-32-18-12-10-17(11-13-18)22-24(33-19-8-5-4-6-9-19)35-25(26-22)27-23(29)20-14-15-21(34-20)28(30)31/h4-6,8-15H,2-3,7,16H2,1H3,(H,26,27,29).